The fourth-order valence-corrected chi connectivity index (χ4v) is 7.24. The van der Waals surface area contributed by atoms with Gasteiger partial charge in [-0.15, -0.1) is 11.3 Å². The molecule has 1 aromatic carbocycles. The SMILES string of the molecule is Cc1cc(Cl)cc(-c2ccnc3cc([C@H](C)N4C(=O)C5CC5C4=O)sc23)c1CC1CNCC(C)(C)O1. The zero-order valence-corrected chi connectivity index (χ0v) is 22.5. The van der Waals surface area contributed by atoms with Crippen molar-refractivity contribution in [3.8, 4) is 11.1 Å². The zero-order valence-electron chi connectivity index (χ0n) is 20.9. The average Bonchev–Trinajstić information content (AvgIpc) is 3.43. The van der Waals surface area contributed by atoms with Gasteiger partial charge in [0.15, 0.2) is 0 Å². The summed E-state index contributed by atoms with van der Waals surface area (Å²) in [7, 11) is 0. The number of fused-ring (bicyclic) bond motifs is 2. The van der Waals surface area contributed by atoms with E-state index in [1.54, 1.807) is 11.3 Å². The highest BCUT2D eigenvalue weighted by atomic mass is 35.5. The molecule has 1 aliphatic carbocycles. The van der Waals surface area contributed by atoms with Gasteiger partial charge in [0.2, 0.25) is 11.8 Å². The monoisotopic (exact) mass is 523 g/mol. The molecule has 2 aromatic heterocycles. The van der Waals surface area contributed by atoms with Crippen LogP contribution in [0.2, 0.25) is 5.02 Å². The van der Waals surface area contributed by atoms with Crippen LogP contribution in [-0.4, -0.2) is 46.5 Å². The van der Waals surface area contributed by atoms with Gasteiger partial charge in [-0.25, -0.2) is 0 Å². The Morgan fingerprint density at radius 2 is 1.97 bits per heavy atom. The summed E-state index contributed by atoms with van der Waals surface area (Å²) in [6.07, 6.45) is 3.37. The number of pyridine rings is 1. The molecule has 2 amide bonds. The molecule has 3 unspecified atom stereocenters. The van der Waals surface area contributed by atoms with Gasteiger partial charge in [0, 0.05) is 41.2 Å². The molecular weight excluding hydrogens is 494 g/mol. The van der Waals surface area contributed by atoms with Crippen LogP contribution in [-0.2, 0) is 20.7 Å². The van der Waals surface area contributed by atoms with Crippen molar-refractivity contribution in [3.05, 3.63) is 51.5 Å². The van der Waals surface area contributed by atoms with Gasteiger partial charge in [-0.05, 0) is 75.1 Å². The summed E-state index contributed by atoms with van der Waals surface area (Å²) in [5, 5.41) is 4.19. The first-order valence-electron chi connectivity index (χ1n) is 12.6. The Bertz CT molecular complexity index is 1380. The number of hydrogen-bond acceptors (Lipinski definition) is 6. The van der Waals surface area contributed by atoms with Crippen LogP contribution in [0.4, 0.5) is 0 Å². The fourth-order valence-electron chi connectivity index (χ4n) is 5.78. The Morgan fingerprint density at radius 3 is 2.69 bits per heavy atom. The van der Waals surface area contributed by atoms with E-state index in [4.69, 9.17) is 16.3 Å². The van der Waals surface area contributed by atoms with Crippen molar-refractivity contribution in [1.82, 2.24) is 15.2 Å². The lowest BCUT2D eigenvalue weighted by molar-refractivity contribution is -0.143. The molecule has 36 heavy (non-hydrogen) atoms. The van der Waals surface area contributed by atoms with Crippen molar-refractivity contribution in [2.24, 2.45) is 11.8 Å². The summed E-state index contributed by atoms with van der Waals surface area (Å²) >= 11 is 8.17. The van der Waals surface area contributed by atoms with Gasteiger partial charge in [0.25, 0.3) is 0 Å². The smallest absolute Gasteiger partial charge is 0.233 e. The highest BCUT2D eigenvalue weighted by molar-refractivity contribution is 7.19. The van der Waals surface area contributed by atoms with E-state index in [1.807, 2.05) is 37.4 Å². The van der Waals surface area contributed by atoms with E-state index in [0.29, 0.717) is 11.4 Å². The number of thiophene rings is 1. The van der Waals surface area contributed by atoms with Crippen LogP contribution >= 0.6 is 22.9 Å². The number of piperidine rings is 1. The highest BCUT2D eigenvalue weighted by Crippen LogP contribution is 2.50. The number of nitrogens with one attached hydrogen (secondary N) is 1. The summed E-state index contributed by atoms with van der Waals surface area (Å²) < 4.78 is 7.43. The Morgan fingerprint density at radius 1 is 1.22 bits per heavy atom. The second-order valence-electron chi connectivity index (χ2n) is 11.0. The number of morpholine rings is 1. The van der Waals surface area contributed by atoms with Crippen LogP contribution in [0, 0.1) is 18.8 Å². The molecule has 0 bridgehead atoms. The van der Waals surface area contributed by atoms with E-state index in [-0.39, 0.29) is 41.4 Å². The molecule has 6 rings (SSSR count). The average molecular weight is 524 g/mol. The summed E-state index contributed by atoms with van der Waals surface area (Å²) in [6, 6.07) is 7.80. The number of imide groups is 1. The maximum Gasteiger partial charge on any atom is 0.233 e. The van der Waals surface area contributed by atoms with Crippen LogP contribution in [0.15, 0.2) is 30.5 Å². The number of aromatic nitrogens is 1. The Hall–Kier alpha value is -2.32. The third-order valence-corrected chi connectivity index (χ3v) is 9.24. The molecule has 3 fully saturated rings. The molecule has 1 saturated carbocycles. The largest absolute Gasteiger partial charge is 0.369 e. The highest BCUT2D eigenvalue weighted by Gasteiger charge is 2.60. The van der Waals surface area contributed by atoms with Crippen molar-refractivity contribution in [3.63, 3.8) is 0 Å². The number of carbonyl (C=O) groups is 2. The minimum Gasteiger partial charge on any atom is -0.369 e. The molecule has 3 aromatic rings. The molecule has 0 spiro atoms. The summed E-state index contributed by atoms with van der Waals surface area (Å²) in [5.41, 5.74) is 5.14. The van der Waals surface area contributed by atoms with Crippen LogP contribution in [0.1, 0.15) is 49.2 Å². The fraction of sp³-hybridized carbons (Fsp3) is 0.464. The van der Waals surface area contributed by atoms with Crippen molar-refractivity contribution in [2.75, 3.05) is 13.1 Å². The minimum atomic E-state index is -0.297. The van der Waals surface area contributed by atoms with E-state index in [0.717, 1.165) is 51.3 Å². The number of ether oxygens (including phenoxy) is 1. The summed E-state index contributed by atoms with van der Waals surface area (Å²) in [4.78, 5) is 32.4. The van der Waals surface area contributed by atoms with Gasteiger partial charge < -0.3 is 10.1 Å². The third-order valence-electron chi connectivity index (χ3n) is 7.70. The number of likely N-dealkylation sites (tertiary alicyclic amines) is 1. The van der Waals surface area contributed by atoms with Crippen molar-refractivity contribution >= 4 is 45.0 Å². The number of benzene rings is 1. The standard InChI is InChI=1S/C28H30ClN3O3S/c1-14-7-16(29)8-20(19(14)9-17-12-30-13-28(3,4)35-17)18-5-6-31-23-11-24(36-25(18)23)15(2)32-26(33)21-10-22(21)27(32)34/h5-8,11,15,17,21-22,30H,9-10,12-13H2,1-4H3/t15-,17?,21?,22?/m0/s1. The summed E-state index contributed by atoms with van der Waals surface area (Å²) in [6.45, 7) is 9.90. The Kier molecular flexibility index (Phi) is 5.76. The van der Waals surface area contributed by atoms with E-state index >= 15 is 0 Å². The lowest BCUT2D eigenvalue weighted by Gasteiger charge is -2.37. The zero-order chi connectivity index (χ0) is 25.4. The number of amides is 2. The third kappa shape index (κ3) is 4.06. The van der Waals surface area contributed by atoms with Crippen LogP contribution in [0.5, 0.6) is 0 Å². The molecule has 1 N–H and O–H groups in total. The van der Waals surface area contributed by atoms with E-state index in [2.05, 4.69) is 31.1 Å². The maximum atomic E-state index is 12.7. The first-order valence-corrected chi connectivity index (χ1v) is 13.8. The molecule has 6 nitrogen and oxygen atoms in total. The van der Waals surface area contributed by atoms with E-state index in [1.165, 1.54) is 10.5 Å². The topological polar surface area (TPSA) is 71.5 Å². The van der Waals surface area contributed by atoms with E-state index < -0.39 is 0 Å². The van der Waals surface area contributed by atoms with Crippen molar-refractivity contribution in [2.45, 2.75) is 58.3 Å². The number of carbonyl (C=O) groups excluding carboxylic acids is 2. The number of rotatable bonds is 5. The van der Waals surface area contributed by atoms with Gasteiger partial charge in [-0.1, -0.05) is 11.6 Å². The van der Waals surface area contributed by atoms with Gasteiger partial charge in [-0.2, -0.15) is 0 Å². The second kappa shape index (κ2) is 8.62. The number of aryl methyl sites for hydroxylation is 1. The maximum absolute atomic E-state index is 12.7. The molecule has 4 atom stereocenters. The van der Waals surface area contributed by atoms with Crippen molar-refractivity contribution in [1.29, 1.82) is 0 Å². The normalized spacial score (nSPS) is 25.9. The molecule has 3 aliphatic rings. The molecule has 2 saturated heterocycles. The van der Waals surface area contributed by atoms with Gasteiger partial charge in [0.1, 0.15) is 0 Å². The number of nitrogens with zero attached hydrogens (tertiary/aromatic N) is 2. The Labute approximate surface area is 220 Å². The van der Waals surface area contributed by atoms with Crippen LogP contribution in [0.25, 0.3) is 21.3 Å². The number of hydrogen-bond donors (Lipinski definition) is 1. The van der Waals surface area contributed by atoms with Gasteiger partial charge in [0.05, 0.1) is 39.8 Å². The number of halogens is 1. The lowest BCUT2D eigenvalue weighted by atomic mass is 9.91. The first-order chi connectivity index (χ1) is 17.1. The van der Waals surface area contributed by atoms with Crippen LogP contribution < -0.4 is 5.32 Å². The molecular formula is C28H30ClN3O3S. The van der Waals surface area contributed by atoms with Crippen LogP contribution in [0.3, 0.4) is 0 Å². The predicted molar refractivity (Wildman–Crippen MR) is 142 cm³/mol. The van der Waals surface area contributed by atoms with Gasteiger partial charge in [-0.3, -0.25) is 19.5 Å². The second-order valence-corrected chi connectivity index (χ2v) is 12.5. The predicted octanol–water partition coefficient (Wildman–Crippen LogP) is 5.30. The lowest BCUT2D eigenvalue weighted by Crippen LogP contribution is -2.51. The molecule has 188 valence electrons. The van der Waals surface area contributed by atoms with E-state index in [9.17, 15) is 9.59 Å². The molecule has 4 heterocycles. The van der Waals surface area contributed by atoms with Crippen molar-refractivity contribution < 1.29 is 14.3 Å². The quantitative estimate of drug-likeness (QED) is 0.459. The molecule has 8 heteroatoms. The first kappa shape index (κ1) is 24.0. The molecule has 0 radical (unpaired) electrons. The minimum absolute atomic E-state index is 0.0279. The Balaban J connectivity index is 1.39. The molecule has 2 aliphatic heterocycles. The summed E-state index contributed by atoms with van der Waals surface area (Å²) in [5.74, 6) is -0.247. The van der Waals surface area contributed by atoms with Gasteiger partial charge >= 0.3 is 0 Å².